The highest BCUT2D eigenvalue weighted by Gasteiger charge is 2.51. The maximum atomic E-state index is 12.9. The third-order valence-electron chi connectivity index (χ3n) is 5.75. The Hall–Kier alpha value is -2.17. The Morgan fingerprint density at radius 1 is 1.15 bits per heavy atom. The van der Waals surface area contributed by atoms with Crippen LogP contribution in [0.25, 0.3) is 0 Å². The molecule has 9 atom stereocenters. The number of amides is 3. The van der Waals surface area contributed by atoms with Gasteiger partial charge in [0.15, 0.2) is 18.8 Å². The Labute approximate surface area is 196 Å². The van der Waals surface area contributed by atoms with Crippen LogP contribution < -0.4 is 16.4 Å². The lowest BCUT2D eigenvalue weighted by atomic mass is 10.0. The maximum absolute atomic E-state index is 12.9. The van der Waals surface area contributed by atoms with Gasteiger partial charge in [-0.1, -0.05) is 6.92 Å². The lowest BCUT2D eigenvalue weighted by molar-refractivity contribution is -0.220. The summed E-state index contributed by atoms with van der Waals surface area (Å²) in [5.41, 5.74) is 5.13. The second kappa shape index (κ2) is 12.5. The summed E-state index contributed by atoms with van der Waals surface area (Å²) in [7, 11) is 3.03. The molecular weight excluding hydrogens is 456 g/mol. The highest BCUT2D eigenvalue weighted by molar-refractivity contribution is 5.86. The van der Waals surface area contributed by atoms with E-state index in [9.17, 15) is 34.8 Å². The summed E-state index contributed by atoms with van der Waals surface area (Å²) in [4.78, 5) is 36.6. The molecule has 2 rings (SSSR count). The number of carbonyl (C=O) groups excluding carboxylic acids is 3. The number of primary amides is 1. The van der Waals surface area contributed by atoms with Crippen molar-refractivity contribution >= 4 is 18.2 Å². The first-order valence-electron chi connectivity index (χ1n) is 10.9. The van der Waals surface area contributed by atoms with Crippen LogP contribution in [0.1, 0.15) is 19.8 Å². The van der Waals surface area contributed by atoms with Crippen LogP contribution in [0.4, 0.5) is 4.79 Å². The fraction of sp³-hybridized carbons (Fsp3) is 0.750. The molecule has 34 heavy (non-hydrogen) atoms. The Morgan fingerprint density at radius 3 is 2.35 bits per heavy atom. The number of aldehydes is 1. The van der Waals surface area contributed by atoms with E-state index in [-0.39, 0.29) is 5.70 Å². The van der Waals surface area contributed by atoms with Gasteiger partial charge in [0.05, 0.1) is 24.3 Å². The topological polar surface area (TPSA) is 213 Å². The molecule has 0 spiro atoms. The molecule has 14 heteroatoms. The van der Waals surface area contributed by atoms with Crippen LogP contribution in [0.2, 0.25) is 0 Å². The van der Waals surface area contributed by atoms with Crippen LogP contribution in [-0.2, 0) is 23.8 Å². The highest BCUT2D eigenvalue weighted by Crippen LogP contribution is 2.31. The summed E-state index contributed by atoms with van der Waals surface area (Å²) < 4.78 is 16.8. The third-order valence-corrected chi connectivity index (χ3v) is 5.75. The number of nitrogens with one attached hydrogen (secondary N) is 2. The number of aliphatic hydroxyl groups excluding tert-OH is 4. The van der Waals surface area contributed by atoms with Crippen molar-refractivity contribution in [2.75, 3.05) is 20.6 Å². The first kappa shape index (κ1) is 28.1. The van der Waals surface area contributed by atoms with Gasteiger partial charge >= 0.3 is 6.03 Å². The second-order valence-corrected chi connectivity index (χ2v) is 8.08. The predicted octanol–water partition coefficient (Wildman–Crippen LogP) is -3.51. The van der Waals surface area contributed by atoms with Crippen LogP contribution >= 0.6 is 0 Å². The molecule has 0 saturated carbocycles. The number of allylic oxidation sites excluding steroid dienone is 1. The van der Waals surface area contributed by atoms with Crippen LogP contribution in [0, 0.1) is 0 Å². The monoisotopic (exact) mass is 490 g/mol. The average molecular weight is 491 g/mol. The van der Waals surface area contributed by atoms with Gasteiger partial charge in [0.25, 0.3) is 0 Å². The second-order valence-electron chi connectivity index (χ2n) is 8.08. The molecule has 8 N–H and O–H groups in total. The van der Waals surface area contributed by atoms with Crippen molar-refractivity contribution in [1.82, 2.24) is 15.5 Å². The zero-order valence-corrected chi connectivity index (χ0v) is 19.2. The summed E-state index contributed by atoms with van der Waals surface area (Å²) in [6.45, 7) is 2.05. The number of hydrogen-bond acceptors (Lipinski definition) is 11. The van der Waals surface area contributed by atoms with Crippen molar-refractivity contribution in [3.05, 3.63) is 11.8 Å². The van der Waals surface area contributed by atoms with Crippen molar-refractivity contribution < 1.29 is 49.0 Å². The van der Waals surface area contributed by atoms with Crippen molar-refractivity contribution in [2.45, 2.75) is 75.0 Å². The van der Waals surface area contributed by atoms with Gasteiger partial charge in [-0.05, 0) is 19.5 Å². The summed E-state index contributed by atoms with van der Waals surface area (Å²) in [5, 5.41) is 46.2. The molecule has 2 aliphatic rings. The van der Waals surface area contributed by atoms with E-state index in [2.05, 4.69) is 10.6 Å². The summed E-state index contributed by atoms with van der Waals surface area (Å²) in [6, 6.07) is -1.01. The minimum atomic E-state index is -1.62. The minimum Gasteiger partial charge on any atom is -0.387 e. The van der Waals surface area contributed by atoms with Crippen molar-refractivity contribution in [1.29, 1.82) is 0 Å². The molecule has 0 aromatic heterocycles. The number of nitrogens with two attached hydrogens (primary N) is 1. The molecule has 0 aromatic carbocycles. The van der Waals surface area contributed by atoms with E-state index in [0.29, 0.717) is 19.3 Å². The Morgan fingerprint density at radius 2 is 1.82 bits per heavy atom. The number of urea groups is 1. The first-order chi connectivity index (χ1) is 16.0. The average Bonchev–Trinajstić information content (AvgIpc) is 3.23. The van der Waals surface area contributed by atoms with E-state index in [1.54, 1.807) is 14.0 Å². The fourth-order valence-electron chi connectivity index (χ4n) is 3.77. The number of hydrogen-bond donors (Lipinski definition) is 7. The molecule has 2 fully saturated rings. The molecule has 0 aromatic rings. The van der Waals surface area contributed by atoms with Crippen LogP contribution in [0.3, 0.4) is 0 Å². The maximum Gasteiger partial charge on any atom is 0.314 e. The van der Waals surface area contributed by atoms with E-state index in [1.807, 2.05) is 0 Å². The van der Waals surface area contributed by atoms with Gasteiger partial charge in [-0.15, -0.1) is 0 Å². The van der Waals surface area contributed by atoms with Crippen molar-refractivity contribution in [3.8, 4) is 0 Å². The zero-order chi connectivity index (χ0) is 25.6. The fourth-order valence-corrected chi connectivity index (χ4v) is 3.77. The van der Waals surface area contributed by atoms with Crippen molar-refractivity contribution in [2.24, 2.45) is 5.73 Å². The molecule has 2 saturated heterocycles. The highest BCUT2D eigenvalue weighted by atomic mass is 16.7. The summed E-state index contributed by atoms with van der Waals surface area (Å²) in [5.74, 6) is -0.615. The number of carbonyl (C=O) groups is 3. The van der Waals surface area contributed by atoms with E-state index in [0.717, 1.165) is 4.90 Å². The Bertz CT molecular complexity index is 753. The number of rotatable bonds is 11. The van der Waals surface area contributed by atoms with E-state index < -0.39 is 73.6 Å². The number of ether oxygens (including phenoxy) is 3. The number of nitrogens with zero attached hydrogens (tertiary/aromatic N) is 1. The molecule has 2 heterocycles. The number of likely N-dealkylation sites (N-methyl/N-ethyl adjacent to an activating group) is 2. The van der Waals surface area contributed by atoms with Gasteiger partial charge in [-0.25, -0.2) is 4.79 Å². The summed E-state index contributed by atoms with van der Waals surface area (Å²) in [6.07, 6.45) is -10.2. The van der Waals surface area contributed by atoms with E-state index in [4.69, 9.17) is 19.9 Å². The zero-order valence-electron chi connectivity index (χ0n) is 19.2. The third kappa shape index (κ3) is 6.49. The van der Waals surface area contributed by atoms with Gasteiger partial charge in [0.1, 0.15) is 30.5 Å². The number of aliphatic hydroxyl groups is 4. The molecule has 0 bridgehead atoms. The Balaban J connectivity index is 2.26. The first-order valence-corrected chi connectivity index (χ1v) is 10.9. The largest absolute Gasteiger partial charge is 0.387 e. The van der Waals surface area contributed by atoms with Gasteiger partial charge in [-0.3, -0.25) is 9.59 Å². The molecule has 3 amide bonds. The standard InChI is InChI=1S/C20H34N4O10/c1-4-10-13(27)16(30)19(32-10)33-11(7-12(26)24(3)9(8-25)5-6-22-2)17-14(28)15(29)18(34-17)23-20(21)31/h5,8,10-11,13-19,22,27-30H,4,6-7H2,1-3H3,(H3,21,23,31)/b9-5-/t10?,11-,13?,14?,15?,16?,17?,18?,19?/m0/s1. The molecule has 8 unspecified atom stereocenters. The van der Waals surface area contributed by atoms with E-state index in [1.165, 1.54) is 13.1 Å². The molecule has 194 valence electrons. The Kier molecular flexibility index (Phi) is 10.3. The quantitative estimate of drug-likeness (QED) is 0.111. The molecule has 0 aliphatic carbocycles. The smallest absolute Gasteiger partial charge is 0.314 e. The molecule has 0 radical (unpaired) electrons. The van der Waals surface area contributed by atoms with Gasteiger partial charge in [0.2, 0.25) is 5.91 Å². The van der Waals surface area contributed by atoms with Crippen LogP contribution in [0.5, 0.6) is 0 Å². The SMILES string of the molecule is CCC1OC(O[C@@H](CC(=O)N(C)/C(C=O)=C\CNC)C2OC(NC(N)=O)C(O)C2O)C(O)C1O. The van der Waals surface area contributed by atoms with Crippen molar-refractivity contribution in [3.63, 3.8) is 0 Å². The summed E-state index contributed by atoms with van der Waals surface area (Å²) >= 11 is 0. The lowest BCUT2D eigenvalue weighted by Crippen LogP contribution is -2.46. The van der Waals surface area contributed by atoms with Gasteiger partial charge < -0.3 is 55.9 Å². The van der Waals surface area contributed by atoms with E-state index >= 15 is 0 Å². The molecular formula is C20H34N4O10. The van der Waals surface area contributed by atoms with Crippen LogP contribution in [-0.4, -0.2) is 119 Å². The molecule has 2 aliphatic heterocycles. The van der Waals surface area contributed by atoms with Crippen LogP contribution in [0.15, 0.2) is 11.8 Å². The minimum absolute atomic E-state index is 0.0675. The lowest BCUT2D eigenvalue weighted by Gasteiger charge is -2.30. The van der Waals surface area contributed by atoms with Gasteiger partial charge in [-0.2, -0.15) is 0 Å². The normalized spacial score (nSPS) is 34.6. The predicted molar refractivity (Wildman–Crippen MR) is 115 cm³/mol. The molecule has 14 nitrogen and oxygen atoms in total. The van der Waals surface area contributed by atoms with Gasteiger partial charge in [0, 0.05) is 13.6 Å².